The van der Waals surface area contributed by atoms with E-state index in [1.807, 2.05) is 32.0 Å². The average molecular weight is 448 g/mol. The van der Waals surface area contributed by atoms with Gasteiger partial charge < -0.3 is 10.1 Å². The fraction of sp³-hybridized carbons (Fsp3) is 0.536. The van der Waals surface area contributed by atoms with Gasteiger partial charge in [0.2, 0.25) is 0 Å². The van der Waals surface area contributed by atoms with Crippen molar-refractivity contribution in [2.24, 2.45) is 0 Å². The van der Waals surface area contributed by atoms with E-state index in [2.05, 4.69) is 45.4 Å². The predicted octanol–water partition coefficient (Wildman–Crippen LogP) is 4.10. The van der Waals surface area contributed by atoms with Gasteiger partial charge >= 0.3 is 0 Å². The molecule has 3 aliphatic rings. The Balaban J connectivity index is 1.43. The third kappa shape index (κ3) is 4.34. The first-order chi connectivity index (χ1) is 16.1. The Labute approximate surface area is 198 Å². The molecule has 0 saturated carbocycles. The van der Waals surface area contributed by atoms with Crippen LogP contribution in [-0.2, 0) is 4.74 Å². The molecule has 1 atom stereocenters. The van der Waals surface area contributed by atoms with Gasteiger partial charge in [0.05, 0.1) is 19.3 Å². The molecule has 1 amide bonds. The van der Waals surface area contributed by atoms with Crippen molar-refractivity contribution in [2.75, 3.05) is 39.4 Å². The van der Waals surface area contributed by atoms with Gasteiger partial charge in [0, 0.05) is 43.3 Å². The zero-order chi connectivity index (χ0) is 22.8. The number of aryl methyl sites for hydroxylation is 2. The Morgan fingerprint density at radius 1 is 1.00 bits per heavy atom. The zero-order valence-electron chi connectivity index (χ0n) is 20.1. The van der Waals surface area contributed by atoms with Gasteiger partial charge in [0.15, 0.2) is 0 Å². The minimum Gasteiger partial charge on any atom is -0.379 e. The number of hydrogen-bond donors (Lipinski definition) is 1. The summed E-state index contributed by atoms with van der Waals surface area (Å²) in [7, 11) is 0. The lowest BCUT2D eigenvalue weighted by molar-refractivity contribution is 0.0244. The maximum Gasteiger partial charge on any atom is 0.252 e. The quantitative estimate of drug-likeness (QED) is 0.694. The van der Waals surface area contributed by atoms with E-state index in [0.717, 1.165) is 68.9 Å². The number of nitrogens with one attached hydrogen (secondary N) is 1. The molecular weight excluding hydrogens is 410 g/mol. The molecule has 3 fully saturated rings. The first-order valence-corrected chi connectivity index (χ1v) is 12.6. The van der Waals surface area contributed by atoms with Crippen LogP contribution in [0.5, 0.6) is 0 Å². The first kappa shape index (κ1) is 22.6. The number of rotatable bonds is 7. The lowest BCUT2D eigenvalue weighted by Crippen LogP contribution is -2.54. The molecule has 0 radical (unpaired) electrons. The highest BCUT2D eigenvalue weighted by molar-refractivity contribution is 5.97. The third-order valence-electron chi connectivity index (χ3n) is 8.25. The van der Waals surface area contributed by atoms with Crippen LogP contribution >= 0.6 is 0 Å². The summed E-state index contributed by atoms with van der Waals surface area (Å²) in [4.78, 5) is 18.9. The van der Waals surface area contributed by atoms with Crippen LogP contribution in [0.25, 0.3) is 0 Å². The maximum absolute atomic E-state index is 13.7. The summed E-state index contributed by atoms with van der Waals surface area (Å²) in [5, 5.41) is 3.55. The molecule has 5 rings (SSSR count). The van der Waals surface area contributed by atoms with Crippen LogP contribution < -0.4 is 5.32 Å². The maximum atomic E-state index is 13.7. The van der Waals surface area contributed by atoms with Crippen LogP contribution in [0.2, 0.25) is 0 Å². The molecule has 3 aliphatic heterocycles. The van der Waals surface area contributed by atoms with E-state index in [-0.39, 0.29) is 17.5 Å². The van der Waals surface area contributed by atoms with Crippen LogP contribution in [0, 0.1) is 13.8 Å². The molecular formula is C28H37N3O2. The van der Waals surface area contributed by atoms with Crippen LogP contribution in [0.4, 0.5) is 0 Å². The Bertz CT molecular complexity index is 942. The molecule has 3 heterocycles. The summed E-state index contributed by atoms with van der Waals surface area (Å²) < 4.78 is 5.54. The van der Waals surface area contributed by atoms with Crippen molar-refractivity contribution >= 4 is 5.91 Å². The highest BCUT2D eigenvalue weighted by atomic mass is 16.5. The number of nitrogens with zero attached hydrogens (tertiary/aromatic N) is 2. The number of hydrogen-bond acceptors (Lipinski definition) is 4. The van der Waals surface area contributed by atoms with Crippen molar-refractivity contribution in [3.05, 3.63) is 70.8 Å². The fourth-order valence-electron chi connectivity index (χ4n) is 6.55. The predicted molar refractivity (Wildman–Crippen MR) is 132 cm³/mol. The van der Waals surface area contributed by atoms with Crippen molar-refractivity contribution < 1.29 is 9.53 Å². The summed E-state index contributed by atoms with van der Waals surface area (Å²) in [6.45, 7) is 9.94. The van der Waals surface area contributed by atoms with Crippen LogP contribution in [0.15, 0.2) is 48.5 Å². The zero-order valence-corrected chi connectivity index (χ0v) is 20.1. The van der Waals surface area contributed by atoms with Crippen molar-refractivity contribution in [3.8, 4) is 0 Å². The van der Waals surface area contributed by atoms with E-state index in [1.54, 1.807) is 0 Å². The second kappa shape index (κ2) is 9.57. The number of amides is 1. The lowest BCUT2D eigenvalue weighted by Gasteiger charge is -2.43. The molecule has 1 unspecified atom stereocenters. The van der Waals surface area contributed by atoms with E-state index < -0.39 is 0 Å². The van der Waals surface area contributed by atoms with Crippen molar-refractivity contribution in [1.82, 2.24) is 15.1 Å². The summed E-state index contributed by atoms with van der Waals surface area (Å²) in [5.41, 5.74) is 4.11. The van der Waals surface area contributed by atoms with Crippen LogP contribution in [-0.4, -0.2) is 66.7 Å². The molecule has 5 heteroatoms. The van der Waals surface area contributed by atoms with E-state index in [0.29, 0.717) is 6.04 Å². The largest absolute Gasteiger partial charge is 0.379 e. The van der Waals surface area contributed by atoms with Gasteiger partial charge in [-0.25, -0.2) is 0 Å². The molecule has 2 aromatic carbocycles. The van der Waals surface area contributed by atoms with Gasteiger partial charge in [-0.05, 0) is 56.2 Å². The summed E-state index contributed by atoms with van der Waals surface area (Å²) in [6.07, 6.45) is 4.75. The van der Waals surface area contributed by atoms with Gasteiger partial charge in [-0.15, -0.1) is 0 Å². The minimum atomic E-state index is -0.0117. The van der Waals surface area contributed by atoms with Crippen LogP contribution in [0.3, 0.4) is 0 Å². The number of carbonyl (C=O) groups is 1. The summed E-state index contributed by atoms with van der Waals surface area (Å²) >= 11 is 0. The topological polar surface area (TPSA) is 44.8 Å². The Morgan fingerprint density at radius 3 is 2.33 bits per heavy atom. The molecule has 1 N–H and O–H groups in total. The van der Waals surface area contributed by atoms with Gasteiger partial charge in [-0.2, -0.15) is 0 Å². The molecule has 0 aromatic heterocycles. The third-order valence-corrected chi connectivity index (χ3v) is 8.25. The molecule has 33 heavy (non-hydrogen) atoms. The standard InChI is InChI=1S/C28H37N3O2/c1-21-7-6-8-22(2)25(21)27(32)29-26(23-9-4-3-5-10-23)28-13-11-24(12-14-28)31(28)16-15-30-17-19-33-20-18-30/h3-10,24,26H,11-20H2,1-2H3,(H,29,32). The summed E-state index contributed by atoms with van der Waals surface area (Å²) in [5.74, 6) is 0.0531. The van der Waals surface area contributed by atoms with Gasteiger partial charge in [0.1, 0.15) is 0 Å². The molecule has 2 aromatic rings. The minimum absolute atomic E-state index is 0.00937. The normalized spacial score (nSPS) is 26.4. The second-order valence-corrected chi connectivity index (χ2v) is 10.1. The van der Waals surface area contributed by atoms with E-state index in [9.17, 15) is 4.79 Å². The fourth-order valence-corrected chi connectivity index (χ4v) is 6.55. The van der Waals surface area contributed by atoms with Gasteiger partial charge in [-0.1, -0.05) is 48.5 Å². The van der Waals surface area contributed by atoms with Crippen molar-refractivity contribution in [2.45, 2.75) is 57.2 Å². The van der Waals surface area contributed by atoms with Crippen molar-refractivity contribution in [1.29, 1.82) is 0 Å². The highest BCUT2D eigenvalue weighted by Crippen LogP contribution is 2.52. The van der Waals surface area contributed by atoms with Gasteiger partial charge in [-0.3, -0.25) is 14.6 Å². The van der Waals surface area contributed by atoms with Gasteiger partial charge in [0.25, 0.3) is 5.91 Å². The number of benzene rings is 2. The number of ether oxygens (including phenoxy) is 1. The monoisotopic (exact) mass is 447 g/mol. The molecule has 0 aliphatic carbocycles. The van der Waals surface area contributed by atoms with Crippen molar-refractivity contribution in [3.63, 3.8) is 0 Å². The first-order valence-electron chi connectivity index (χ1n) is 12.6. The number of carbonyl (C=O) groups excluding carboxylic acids is 1. The molecule has 176 valence electrons. The van der Waals surface area contributed by atoms with Crippen LogP contribution in [0.1, 0.15) is 58.8 Å². The molecule has 2 bridgehead atoms. The highest BCUT2D eigenvalue weighted by Gasteiger charge is 2.56. The lowest BCUT2D eigenvalue weighted by atomic mass is 9.78. The average Bonchev–Trinajstić information content (AvgIpc) is 3.37. The Morgan fingerprint density at radius 2 is 1.67 bits per heavy atom. The smallest absolute Gasteiger partial charge is 0.252 e. The van der Waals surface area contributed by atoms with E-state index >= 15 is 0 Å². The number of fused-ring (bicyclic) bond motifs is 2. The Kier molecular flexibility index (Phi) is 6.55. The molecule has 0 spiro atoms. The molecule has 5 nitrogen and oxygen atoms in total. The molecule has 3 saturated heterocycles. The summed E-state index contributed by atoms with van der Waals surface area (Å²) in [6, 6.07) is 17.4. The van der Waals surface area contributed by atoms with E-state index in [4.69, 9.17) is 4.74 Å². The Hall–Kier alpha value is -2.21. The van der Waals surface area contributed by atoms with E-state index in [1.165, 1.54) is 18.4 Å². The second-order valence-electron chi connectivity index (χ2n) is 10.1. The number of morpholine rings is 1. The SMILES string of the molecule is Cc1cccc(C)c1C(=O)NC(c1ccccc1)C12CCC(CC1)N2CCN1CCOCC1.